The van der Waals surface area contributed by atoms with Crippen LogP contribution in [0.1, 0.15) is 11.1 Å². The van der Waals surface area contributed by atoms with E-state index in [2.05, 4.69) is 10.5 Å². The Balaban J connectivity index is 1.90. The molecule has 20 heavy (non-hydrogen) atoms. The fourth-order valence-electron chi connectivity index (χ4n) is 1.57. The van der Waals surface area contributed by atoms with Gasteiger partial charge in [0, 0.05) is 17.2 Å². The second-order valence-electron chi connectivity index (χ2n) is 4.03. The Hall–Kier alpha value is -2.40. The van der Waals surface area contributed by atoms with E-state index in [-0.39, 0.29) is 5.69 Å². The molecule has 2 aromatic carbocycles. The molecule has 1 N–H and O–H groups in total. The van der Waals surface area contributed by atoms with Gasteiger partial charge in [-0.05, 0) is 29.3 Å². The molecule has 0 saturated heterocycles. The fourth-order valence-corrected chi connectivity index (χ4v) is 1.78. The Morgan fingerprint density at radius 3 is 2.55 bits per heavy atom. The molecule has 0 atom stereocenters. The second-order valence-corrected chi connectivity index (χ2v) is 4.44. The Bertz CT molecular complexity index is 627. The van der Waals surface area contributed by atoms with Gasteiger partial charge in [0.15, 0.2) is 0 Å². The summed E-state index contributed by atoms with van der Waals surface area (Å²) in [4.78, 5) is 10.1. The van der Waals surface area contributed by atoms with Crippen molar-refractivity contribution >= 4 is 23.5 Å². The number of non-ortho nitro benzene ring substituents is 1. The molecule has 0 saturated carbocycles. The maximum absolute atomic E-state index is 10.5. The van der Waals surface area contributed by atoms with Crippen molar-refractivity contribution in [1.29, 1.82) is 0 Å². The third-order valence-corrected chi connectivity index (χ3v) is 3.00. The number of nitro groups is 1. The van der Waals surface area contributed by atoms with Gasteiger partial charge in [0.25, 0.3) is 5.69 Å². The van der Waals surface area contributed by atoms with Crippen molar-refractivity contribution in [2.75, 3.05) is 0 Å². The van der Waals surface area contributed by atoms with E-state index >= 15 is 0 Å². The van der Waals surface area contributed by atoms with Crippen molar-refractivity contribution in [2.24, 2.45) is 5.10 Å². The number of hydrogen-bond donors (Lipinski definition) is 1. The highest BCUT2D eigenvalue weighted by Crippen LogP contribution is 2.14. The minimum absolute atomic E-state index is 0.0613. The highest BCUT2D eigenvalue weighted by molar-refractivity contribution is 6.31. The Labute approximate surface area is 121 Å². The summed E-state index contributed by atoms with van der Waals surface area (Å²) in [5.74, 6) is 0. The molecule has 0 fully saturated rings. The van der Waals surface area contributed by atoms with Gasteiger partial charge >= 0.3 is 0 Å². The number of hydrogen-bond acceptors (Lipinski definition) is 4. The lowest BCUT2D eigenvalue weighted by Crippen LogP contribution is -2.05. The third-order valence-electron chi connectivity index (χ3n) is 2.64. The molecular formula is C14H12ClN3O2. The molecule has 0 aromatic heterocycles. The van der Waals surface area contributed by atoms with Crippen LogP contribution in [-0.4, -0.2) is 11.1 Å². The third kappa shape index (κ3) is 3.80. The van der Waals surface area contributed by atoms with E-state index in [1.54, 1.807) is 18.3 Å². The van der Waals surface area contributed by atoms with Crippen molar-refractivity contribution in [1.82, 2.24) is 5.43 Å². The SMILES string of the molecule is O=[N+]([O-])c1ccc(/C=N\NCc2ccccc2Cl)cc1. The molecule has 0 aliphatic carbocycles. The van der Waals surface area contributed by atoms with Gasteiger partial charge in [-0.3, -0.25) is 10.1 Å². The van der Waals surface area contributed by atoms with Crippen LogP contribution in [0, 0.1) is 10.1 Å². The van der Waals surface area contributed by atoms with Crippen LogP contribution in [0.3, 0.4) is 0 Å². The molecule has 5 nitrogen and oxygen atoms in total. The van der Waals surface area contributed by atoms with E-state index in [0.717, 1.165) is 11.1 Å². The number of nitrogens with zero attached hydrogens (tertiary/aromatic N) is 2. The number of halogens is 1. The molecule has 0 spiro atoms. The minimum atomic E-state index is -0.434. The highest BCUT2D eigenvalue weighted by Gasteiger charge is 2.02. The molecule has 0 aliphatic rings. The van der Waals surface area contributed by atoms with Gasteiger partial charge in [-0.1, -0.05) is 29.8 Å². The monoisotopic (exact) mass is 289 g/mol. The predicted molar refractivity (Wildman–Crippen MR) is 79.0 cm³/mol. The van der Waals surface area contributed by atoms with Gasteiger partial charge in [-0.15, -0.1) is 0 Å². The Morgan fingerprint density at radius 2 is 1.90 bits per heavy atom. The van der Waals surface area contributed by atoms with Gasteiger partial charge in [0.05, 0.1) is 17.7 Å². The molecule has 0 unspecified atom stereocenters. The van der Waals surface area contributed by atoms with Crippen LogP contribution in [0.2, 0.25) is 5.02 Å². The predicted octanol–water partition coefficient (Wildman–Crippen LogP) is 3.37. The molecule has 0 bridgehead atoms. The molecule has 2 rings (SSSR count). The molecule has 0 aliphatic heterocycles. The smallest absolute Gasteiger partial charge is 0.269 e. The van der Waals surface area contributed by atoms with Crippen LogP contribution in [0.15, 0.2) is 53.6 Å². The first kappa shape index (κ1) is 14.0. The van der Waals surface area contributed by atoms with Crippen molar-refractivity contribution in [3.8, 4) is 0 Å². The topological polar surface area (TPSA) is 67.5 Å². The van der Waals surface area contributed by atoms with E-state index in [1.807, 2.05) is 24.3 Å². The van der Waals surface area contributed by atoms with Gasteiger partial charge in [0.2, 0.25) is 0 Å². The van der Waals surface area contributed by atoms with E-state index in [4.69, 9.17) is 11.6 Å². The summed E-state index contributed by atoms with van der Waals surface area (Å²) in [7, 11) is 0. The number of rotatable bonds is 5. The highest BCUT2D eigenvalue weighted by atomic mass is 35.5. The summed E-state index contributed by atoms with van der Waals surface area (Å²) in [5.41, 5.74) is 4.67. The van der Waals surface area contributed by atoms with Crippen LogP contribution in [-0.2, 0) is 6.54 Å². The number of hydrazone groups is 1. The number of benzene rings is 2. The number of nitrogens with one attached hydrogen (secondary N) is 1. The summed E-state index contributed by atoms with van der Waals surface area (Å²) < 4.78 is 0. The molecule has 2 aromatic rings. The first-order chi connectivity index (χ1) is 9.66. The Morgan fingerprint density at radius 1 is 1.20 bits per heavy atom. The van der Waals surface area contributed by atoms with Crippen LogP contribution >= 0.6 is 11.6 Å². The van der Waals surface area contributed by atoms with Gasteiger partial charge in [-0.2, -0.15) is 5.10 Å². The fraction of sp³-hybridized carbons (Fsp3) is 0.0714. The van der Waals surface area contributed by atoms with E-state index in [0.29, 0.717) is 11.6 Å². The van der Waals surface area contributed by atoms with Crippen LogP contribution in [0.4, 0.5) is 5.69 Å². The van der Waals surface area contributed by atoms with Crippen molar-refractivity contribution in [3.63, 3.8) is 0 Å². The summed E-state index contributed by atoms with van der Waals surface area (Å²) >= 11 is 6.01. The van der Waals surface area contributed by atoms with Crippen LogP contribution in [0.25, 0.3) is 0 Å². The quantitative estimate of drug-likeness (QED) is 0.521. The standard InChI is InChI=1S/C14H12ClN3O2/c15-14-4-2-1-3-12(14)10-17-16-9-11-5-7-13(8-6-11)18(19)20/h1-9,17H,10H2/b16-9-. The van der Waals surface area contributed by atoms with Gasteiger partial charge in [0.1, 0.15) is 0 Å². The zero-order chi connectivity index (χ0) is 14.4. The molecular weight excluding hydrogens is 278 g/mol. The second kappa shape index (κ2) is 6.68. The van der Waals surface area contributed by atoms with E-state index in [1.165, 1.54) is 12.1 Å². The average Bonchev–Trinajstić information content (AvgIpc) is 2.46. The largest absolute Gasteiger partial charge is 0.306 e. The average molecular weight is 290 g/mol. The maximum Gasteiger partial charge on any atom is 0.269 e. The summed E-state index contributed by atoms with van der Waals surface area (Å²) in [6.45, 7) is 0.517. The summed E-state index contributed by atoms with van der Waals surface area (Å²) in [5, 5.41) is 15.2. The lowest BCUT2D eigenvalue weighted by Gasteiger charge is -2.02. The van der Waals surface area contributed by atoms with E-state index < -0.39 is 4.92 Å². The zero-order valence-electron chi connectivity index (χ0n) is 10.5. The molecule has 6 heteroatoms. The molecule has 0 radical (unpaired) electrons. The lowest BCUT2D eigenvalue weighted by atomic mass is 10.2. The maximum atomic E-state index is 10.5. The van der Waals surface area contributed by atoms with Gasteiger partial charge in [-0.25, -0.2) is 0 Å². The Kier molecular flexibility index (Phi) is 4.68. The van der Waals surface area contributed by atoms with E-state index in [9.17, 15) is 10.1 Å². The van der Waals surface area contributed by atoms with Crippen molar-refractivity contribution in [2.45, 2.75) is 6.54 Å². The first-order valence-corrected chi connectivity index (χ1v) is 6.28. The van der Waals surface area contributed by atoms with Gasteiger partial charge < -0.3 is 5.43 Å². The molecule has 0 heterocycles. The van der Waals surface area contributed by atoms with Crippen molar-refractivity contribution in [3.05, 3.63) is 74.8 Å². The number of nitro benzene ring substituents is 1. The minimum Gasteiger partial charge on any atom is -0.306 e. The summed E-state index contributed by atoms with van der Waals surface area (Å²) in [6.07, 6.45) is 1.60. The normalized spacial score (nSPS) is 10.7. The van der Waals surface area contributed by atoms with Crippen LogP contribution < -0.4 is 5.43 Å². The summed E-state index contributed by atoms with van der Waals surface area (Å²) in [6, 6.07) is 13.7. The molecule has 0 amide bonds. The first-order valence-electron chi connectivity index (χ1n) is 5.90. The molecule has 102 valence electrons. The zero-order valence-corrected chi connectivity index (χ0v) is 11.2. The van der Waals surface area contributed by atoms with Crippen molar-refractivity contribution < 1.29 is 4.92 Å². The lowest BCUT2D eigenvalue weighted by molar-refractivity contribution is -0.384. The van der Waals surface area contributed by atoms with Crippen LogP contribution in [0.5, 0.6) is 0 Å².